The third kappa shape index (κ3) is 3.89. The summed E-state index contributed by atoms with van der Waals surface area (Å²) in [5.74, 6) is -0.369. The molecule has 0 bridgehead atoms. The van der Waals surface area contributed by atoms with Crippen LogP contribution in [0, 0.1) is 5.82 Å². The molecule has 1 aliphatic rings. The van der Waals surface area contributed by atoms with Gasteiger partial charge in [0.25, 0.3) is 6.01 Å². The van der Waals surface area contributed by atoms with Crippen LogP contribution in [0.4, 0.5) is 15.2 Å². The zero-order valence-corrected chi connectivity index (χ0v) is 15.9. The molecule has 3 rings (SSSR count). The Kier molecular flexibility index (Phi) is 5.46. The predicted octanol–water partition coefficient (Wildman–Crippen LogP) is 4.18. The molecule has 1 amide bonds. The molecule has 8 heteroatoms. The summed E-state index contributed by atoms with van der Waals surface area (Å²) in [5, 5.41) is 0. The monoisotopic (exact) mass is 413 g/mol. The quantitative estimate of drug-likeness (QED) is 0.703. The molecule has 1 atom stereocenters. The second-order valence-electron chi connectivity index (χ2n) is 6.19. The van der Waals surface area contributed by atoms with Crippen molar-refractivity contribution in [1.29, 1.82) is 0 Å². The molecule has 0 radical (unpaired) electrons. The molecule has 1 saturated heterocycles. The van der Waals surface area contributed by atoms with Crippen LogP contribution in [0.15, 0.2) is 21.0 Å². The van der Waals surface area contributed by atoms with Crippen molar-refractivity contribution >= 4 is 39.1 Å². The Balaban J connectivity index is 1.69. The largest absolute Gasteiger partial charge is 0.449 e. The summed E-state index contributed by atoms with van der Waals surface area (Å²) in [7, 11) is 0. The van der Waals surface area contributed by atoms with Gasteiger partial charge >= 0.3 is 6.09 Å². The lowest BCUT2D eigenvalue weighted by atomic mass is 10.2. The molecule has 1 fully saturated rings. The van der Waals surface area contributed by atoms with Crippen molar-refractivity contribution in [3.63, 3.8) is 0 Å². The molecular weight excluding hydrogens is 393 g/mol. The number of unbranched alkanes of at least 4 members (excludes halogenated alkanes) is 1. The Morgan fingerprint density at radius 1 is 1.48 bits per heavy atom. The first-order valence-corrected chi connectivity index (χ1v) is 9.22. The number of rotatable bonds is 4. The van der Waals surface area contributed by atoms with Gasteiger partial charge in [0, 0.05) is 31.7 Å². The highest BCUT2D eigenvalue weighted by atomic mass is 79.9. The first-order chi connectivity index (χ1) is 12.0. The number of halogens is 2. The minimum absolute atomic E-state index is 0.0177. The van der Waals surface area contributed by atoms with Crippen LogP contribution in [0.1, 0.15) is 26.7 Å². The second kappa shape index (κ2) is 7.59. The van der Waals surface area contributed by atoms with Gasteiger partial charge in [-0.1, -0.05) is 13.3 Å². The third-order valence-corrected chi connectivity index (χ3v) is 4.84. The van der Waals surface area contributed by atoms with E-state index in [9.17, 15) is 9.18 Å². The highest BCUT2D eigenvalue weighted by molar-refractivity contribution is 9.10. The maximum Gasteiger partial charge on any atom is 0.409 e. The number of carbonyl (C=O) groups is 1. The van der Waals surface area contributed by atoms with Crippen LogP contribution in [0.2, 0.25) is 0 Å². The van der Waals surface area contributed by atoms with Gasteiger partial charge in [0.2, 0.25) is 0 Å². The number of amides is 1. The summed E-state index contributed by atoms with van der Waals surface area (Å²) >= 11 is 3.30. The normalized spacial score (nSPS) is 18.0. The number of benzene rings is 1. The van der Waals surface area contributed by atoms with Crippen molar-refractivity contribution in [2.24, 2.45) is 0 Å². The van der Waals surface area contributed by atoms with Crippen molar-refractivity contribution in [3.8, 4) is 0 Å². The van der Waals surface area contributed by atoms with Crippen molar-refractivity contribution < 1.29 is 18.3 Å². The Labute approximate surface area is 154 Å². The standard InChI is InChI=1S/C17H21BrFN3O3/c1-3-4-7-24-17(23)21-5-6-22(11(2)10-21)16-20-14-9-12(19)8-13(18)15(14)25-16/h8-9,11H,3-7,10H2,1-2H3. The molecule has 0 N–H and O–H groups in total. The van der Waals surface area contributed by atoms with Crippen LogP contribution in [0.5, 0.6) is 0 Å². The average molecular weight is 414 g/mol. The predicted molar refractivity (Wildman–Crippen MR) is 96.3 cm³/mol. The van der Waals surface area contributed by atoms with E-state index in [2.05, 4.69) is 27.8 Å². The van der Waals surface area contributed by atoms with E-state index in [0.29, 0.717) is 47.8 Å². The fraction of sp³-hybridized carbons (Fsp3) is 0.529. The second-order valence-corrected chi connectivity index (χ2v) is 7.04. The molecule has 0 aliphatic carbocycles. The first kappa shape index (κ1) is 18.0. The van der Waals surface area contributed by atoms with E-state index in [4.69, 9.17) is 9.15 Å². The van der Waals surface area contributed by atoms with Gasteiger partial charge < -0.3 is 19.0 Å². The maximum atomic E-state index is 13.5. The van der Waals surface area contributed by atoms with Gasteiger partial charge in [0.1, 0.15) is 11.3 Å². The SMILES string of the molecule is CCCCOC(=O)N1CCN(c2nc3cc(F)cc(Br)c3o2)C(C)C1. The molecule has 1 aromatic carbocycles. The highest BCUT2D eigenvalue weighted by Gasteiger charge is 2.30. The van der Waals surface area contributed by atoms with E-state index < -0.39 is 0 Å². The highest BCUT2D eigenvalue weighted by Crippen LogP contribution is 2.31. The lowest BCUT2D eigenvalue weighted by molar-refractivity contribution is 0.0939. The summed E-state index contributed by atoms with van der Waals surface area (Å²) in [4.78, 5) is 20.2. The molecule has 25 heavy (non-hydrogen) atoms. The lowest BCUT2D eigenvalue weighted by Gasteiger charge is -2.38. The summed E-state index contributed by atoms with van der Waals surface area (Å²) in [6, 6.07) is 3.15. The topological polar surface area (TPSA) is 58.8 Å². The van der Waals surface area contributed by atoms with E-state index in [-0.39, 0.29) is 18.0 Å². The van der Waals surface area contributed by atoms with Crippen LogP contribution in [0.25, 0.3) is 11.1 Å². The fourth-order valence-electron chi connectivity index (χ4n) is 2.87. The van der Waals surface area contributed by atoms with Gasteiger partial charge in [-0.25, -0.2) is 9.18 Å². The molecular formula is C17H21BrFN3O3. The van der Waals surface area contributed by atoms with Crippen LogP contribution >= 0.6 is 15.9 Å². The number of fused-ring (bicyclic) bond motifs is 1. The van der Waals surface area contributed by atoms with Gasteiger partial charge in [-0.05, 0) is 35.3 Å². The smallest absolute Gasteiger partial charge is 0.409 e. The van der Waals surface area contributed by atoms with Crippen LogP contribution in [-0.2, 0) is 4.74 Å². The Hall–Kier alpha value is -1.83. The molecule has 2 heterocycles. The number of nitrogens with zero attached hydrogens (tertiary/aromatic N) is 3. The Morgan fingerprint density at radius 3 is 3.00 bits per heavy atom. The number of anilines is 1. The van der Waals surface area contributed by atoms with Gasteiger partial charge in [0.15, 0.2) is 5.58 Å². The van der Waals surface area contributed by atoms with Gasteiger partial charge in [-0.2, -0.15) is 4.98 Å². The molecule has 1 aliphatic heterocycles. The average Bonchev–Trinajstić information content (AvgIpc) is 2.98. The van der Waals surface area contributed by atoms with Crippen LogP contribution < -0.4 is 4.90 Å². The number of piperazine rings is 1. The van der Waals surface area contributed by atoms with E-state index in [1.165, 1.54) is 12.1 Å². The number of hydrogen-bond donors (Lipinski definition) is 0. The summed E-state index contributed by atoms with van der Waals surface area (Å²) in [6.45, 7) is 6.14. The molecule has 0 saturated carbocycles. The molecule has 6 nitrogen and oxygen atoms in total. The molecule has 1 unspecified atom stereocenters. The molecule has 1 aromatic heterocycles. The van der Waals surface area contributed by atoms with Crippen molar-refractivity contribution in [2.45, 2.75) is 32.7 Å². The third-order valence-electron chi connectivity index (χ3n) is 4.25. The number of ether oxygens (including phenoxy) is 1. The minimum atomic E-state index is -0.369. The van der Waals surface area contributed by atoms with Crippen molar-refractivity contribution in [3.05, 3.63) is 22.4 Å². The van der Waals surface area contributed by atoms with Gasteiger partial charge in [-0.3, -0.25) is 0 Å². The summed E-state index contributed by atoms with van der Waals surface area (Å²) in [5.41, 5.74) is 0.987. The number of hydrogen-bond acceptors (Lipinski definition) is 5. The molecule has 2 aromatic rings. The van der Waals surface area contributed by atoms with E-state index in [0.717, 1.165) is 12.8 Å². The Morgan fingerprint density at radius 2 is 2.28 bits per heavy atom. The van der Waals surface area contributed by atoms with E-state index >= 15 is 0 Å². The number of carbonyl (C=O) groups excluding carboxylic acids is 1. The lowest BCUT2D eigenvalue weighted by Crippen LogP contribution is -2.54. The van der Waals surface area contributed by atoms with Crippen molar-refractivity contribution in [2.75, 3.05) is 31.1 Å². The van der Waals surface area contributed by atoms with Gasteiger partial charge in [-0.15, -0.1) is 0 Å². The number of oxazole rings is 1. The van der Waals surface area contributed by atoms with Gasteiger partial charge in [0.05, 0.1) is 11.1 Å². The Bertz CT molecular complexity index is 767. The first-order valence-electron chi connectivity index (χ1n) is 8.43. The zero-order chi connectivity index (χ0) is 18.0. The zero-order valence-electron chi connectivity index (χ0n) is 14.3. The van der Waals surface area contributed by atoms with Crippen molar-refractivity contribution in [1.82, 2.24) is 9.88 Å². The van der Waals surface area contributed by atoms with E-state index in [1.807, 2.05) is 11.8 Å². The van der Waals surface area contributed by atoms with Crippen LogP contribution in [-0.4, -0.2) is 48.3 Å². The summed E-state index contributed by atoms with van der Waals surface area (Å²) < 4.78 is 25.1. The van der Waals surface area contributed by atoms with Crippen LogP contribution in [0.3, 0.4) is 0 Å². The summed E-state index contributed by atoms with van der Waals surface area (Å²) in [6.07, 6.45) is 1.59. The maximum absolute atomic E-state index is 13.5. The molecule has 136 valence electrons. The number of aromatic nitrogens is 1. The fourth-order valence-corrected chi connectivity index (χ4v) is 3.38. The minimum Gasteiger partial charge on any atom is -0.449 e. The van der Waals surface area contributed by atoms with E-state index in [1.54, 1.807) is 4.90 Å². The molecule has 0 spiro atoms.